The number of H-pyrrole nitrogens is 1. The smallest absolute Gasteiger partial charge is 0.240 e. The van der Waals surface area contributed by atoms with Gasteiger partial charge < -0.3 is 16.4 Å². The molecule has 4 rings (SSSR count). The van der Waals surface area contributed by atoms with Crippen molar-refractivity contribution in [3.8, 4) is 16.9 Å². The van der Waals surface area contributed by atoms with E-state index < -0.39 is 11.9 Å². The Morgan fingerprint density at radius 1 is 1.03 bits per heavy atom. The van der Waals surface area contributed by atoms with Crippen LogP contribution < -0.4 is 21.0 Å². The number of benzene rings is 2. The number of nitrogens with one attached hydrogen (secondary N) is 3. The first kappa shape index (κ1) is 26.3. The summed E-state index contributed by atoms with van der Waals surface area (Å²) < 4.78 is 1.90. The van der Waals surface area contributed by atoms with Crippen LogP contribution in [0.2, 0.25) is 10.0 Å². The number of aromatic nitrogens is 3. The van der Waals surface area contributed by atoms with E-state index in [1.807, 2.05) is 59.3 Å². The number of hydrogen-bond donors (Lipinski definition) is 4. The van der Waals surface area contributed by atoms with Gasteiger partial charge in [-0.15, -0.1) is 0 Å². The molecule has 2 aromatic carbocycles. The third kappa shape index (κ3) is 7.16. The minimum atomic E-state index is -0.765. The molecule has 0 aliphatic rings. The van der Waals surface area contributed by atoms with Crippen molar-refractivity contribution < 1.29 is 14.3 Å². The van der Waals surface area contributed by atoms with E-state index in [0.29, 0.717) is 29.6 Å². The highest BCUT2D eigenvalue weighted by molar-refractivity contribution is 6.42. The van der Waals surface area contributed by atoms with Gasteiger partial charge in [0.1, 0.15) is 11.7 Å². The summed E-state index contributed by atoms with van der Waals surface area (Å²) in [5, 5.41) is 10.3. The Balaban J connectivity index is 1.40. The summed E-state index contributed by atoms with van der Waals surface area (Å²) >= 11 is 12.4. The van der Waals surface area contributed by atoms with Crippen LogP contribution in [0.4, 0.5) is 0 Å². The third-order valence-electron chi connectivity index (χ3n) is 5.76. The Morgan fingerprint density at radius 2 is 1.84 bits per heavy atom. The lowest BCUT2D eigenvalue weighted by Gasteiger charge is -2.15. The second kappa shape index (κ2) is 12.5. The zero-order valence-corrected chi connectivity index (χ0v) is 21.5. The van der Waals surface area contributed by atoms with Crippen molar-refractivity contribution in [2.45, 2.75) is 25.4 Å². The molecule has 4 aromatic rings. The molecule has 1 atom stereocenters. The summed E-state index contributed by atoms with van der Waals surface area (Å²) in [5.41, 5.74) is 9.96. The molecule has 8 nitrogen and oxygen atoms in total. The number of amides is 2. The average molecular weight is 538 g/mol. The van der Waals surface area contributed by atoms with Gasteiger partial charge in [-0.05, 0) is 23.8 Å². The van der Waals surface area contributed by atoms with Crippen molar-refractivity contribution in [3.63, 3.8) is 0 Å². The molecule has 2 heterocycles. The maximum Gasteiger partial charge on any atom is 0.240 e. The summed E-state index contributed by atoms with van der Waals surface area (Å²) in [6.45, 7) is 0.866. The molecule has 0 fully saturated rings. The minimum absolute atomic E-state index is 0.186. The van der Waals surface area contributed by atoms with E-state index in [-0.39, 0.29) is 12.3 Å². The molecule has 0 unspecified atom stereocenters. The number of pyridine rings is 1. The fraction of sp³-hybridized carbons (Fsp3) is 0.185. The number of rotatable bonds is 11. The van der Waals surface area contributed by atoms with Crippen molar-refractivity contribution in [3.05, 3.63) is 100 Å². The fourth-order valence-electron chi connectivity index (χ4n) is 3.87. The summed E-state index contributed by atoms with van der Waals surface area (Å²) in [6.07, 6.45) is 4.03. The average Bonchev–Trinajstić information content (AvgIpc) is 3.33. The summed E-state index contributed by atoms with van der Waals surface area (Å²) in [6, 6.07) is 19.9. The van der Waals surface area contributed by atoms with E-state index in [2.05, 4.69) is 20.7 Å². The predicted molar refractivity (Wildman–Crippen MR) is 143 cm³/mol. The molecule has 190 valence electrons. The first-order valence-electron chi connectivity index (χ1n) is 11.7. The van der Waals surface area contributed by atoms with E-state index in [1.54, 1.807) is 24.5 Å². The maximum absolute atomic E-state index is 12.5. The number of primary amides is 1. The number of aromatic amines is 1. The van der Waals surface area contributed by atoms with Crippen LogP contribution in [-0.4, -0.2) is 34.5 Å². The Morgan fingerprint density at radius 3 is 2.54 bits per heavy atom. The number of hydrogen-bond acceptors (Lipinski definition) is 4. The van der Waals surface area contributed by atoms with E-state index in [4.69, 9.17) is 28.9 Å². The van der Waals surface area contributed by atoms with Gasteiger partial charge in [0, 0.05) is 55.5 Å². The Kier molecular flexibility index (Phi) is 8.90. The molecule has 2 aromatic heterocycles. The largest absolute Gasteiger partial charge is 0.368 e. The van der Waals surface area contributed by atoms with Gasteiger partial charge in [-0.1, -0.05) is 58.2 Å². The van der Waals surface area contributed by atoms with Crippen LogP contribution in [0.1, 0.15) is 17.7 Å². The van der Waals surface area contributed by atoms with Crippen molar-refractivity contribution in [1.82, 2.24) is 20.7 Å². The zero-order valence-electron chi connectivity index (χ0n) is 20.0. The molecule has 0 aliphatic carbocycles. The number of carbonyl (C=O) groups excluding carboxylic acids is 2. The topological polar surface area (TPSA) is 117 Å². The second-order valence-electron chi connectivity index (χ2n) is 8.48. The lowest BCUT2D eigenvalue weighted by atomic mass is 10.1. The monoisotopic (exact) mass is 537 g/mol. The molecule has 0 bridgehead atoms. The molecular formula is C27H27Cl2N6O2+. The summed E-state index contributed by atoms with van der Waals surface area (Å²) in [7, 11) is 0. The van der Waals surface area contributed by atoms with Gasteiger partial charge in [0.2, 0.25) is 23.2 Å². The maximum atomic E-state index is 12.5. The second-order valence-corrected chi connectivity index (χ2v) is 9.29. The first-order valence-corrected chi connectivity index (χ1v) is 12.5. The lowest BCUT2D eigenvalue weighted by Crippen LogP contribution is -2.46. The third-order valence-corrected chi connectivity index (χ3v) is 6.50. The molecule has 2 amide bonds. The lowest BCUT2D eigenvalue weighted by molar-refractivity contribution is -0.662. The summed E-state index contributed by atoms with van der Waals surface area (Å²) in [5.74, 6) is -0.821. The van der Waals surface area contributed by atoms with Crippen molar-refractivity contribution in [2.75, 3.05) is 6.54 Å². The van der Waals surface area contributed by atoms with E-state index in [9.17, 15) is 9.59 Å². The van der Waals surface area contributed by atoms with Crippen LogP contribution in [-0.2, 0) is 22.6 Å². The van der Waals surface area contributed by atoms with Crippen LogP contribution >= 0.6 is 23.2 Å². The van der Waals surface area contributed by atoms with E-state index >= 15 is 0 Å². The van der Waals surface area contributed by atoms with Gasteiger partial charge in [0.25, 0.3) is 0 Å². The Hall–Kier alpha value is -3.72. The molecular weight excluding hydrogens is 511 g/mol. The highest BCUT2D eigenvalue weighted by atomic mass is 35.5. The number of nitrogens with zero attached hydrogens (tertiary/aromatic N) is 2. The normalized spacial score (nSPS) is 11.7. The Bertz CT molecular complexity index is 1360. The molecule has 37 heavy (non-hydrogen) atoms. The van der Waals surface area contributed by atoms with Crippen LogP contribution in [0.3, 0.4) is 0 Å². The number of halogens is 2. The molecule has 0 saturated carbocycles. The molecule has 10 heteroatoms. The Labute approximate surface area is 224 Å². The van der Waals surface area contributed by atoms with Gasteiger partial charge in [-0.2, -0.15) is 5.10 Å². The standard InChI is InChI=1S/C27H26Cl2N6O2/c28-22-9-8-20(14-23(22)29)35-21(15-24(34-35)19-7-4-11-31-16-19)17-32-12-10-26(36)33-25(27(30)37)13-18-5-2-1-3-6-18/h1-9,11,14-16,25,32H,10,12-13,17H2,(H3,30,33,36,37)/p+1/t25-/m0/s1. The molecule has 0 radical (unpaired) electrons. The van der Waals surface area contributed by atoms with E-state index in [1.165, 1.54) is 0 Å². The highest BCUT2D eigenvalue weighted by Crippen LogP contribution is 2.23. The van der Waals surface area contributed by atoms with Crippen molar-refractivity contribution in [2.24, 2.45) is 5.73 Å². The summed E-state index contributed by atoms with van der Waals surface area (Å²) in [4.78, 5) is 28.6. The van der Waals surface area contributed by atoms with Gasteiger partial charge in [-0.25, -0.2) is 0 Å². The van der Waals surface area contributed by atoms with Crippen LogP contribution in [0.15, 0.2) is 79.1 Å². The van der Waals surface area contributed by atoms with Gasteiger partial charge in [0.05, 0.1) is 16.6 Å². The van der Waals surface area contributed by atoms with Gasteiger partial charge in [0.15, 0.2) is 0 Å². The molecule has 5 N–H and O–H groups in total. The van der Waals surface area contributed by atoms with Crippen LogP contribution in [0, 0.1) is 0 Å². The number of carbonyl (C=O) groups is 2. The van der Waals surface area contributed by atoms with Gasteiger partial charge in [-0.3, -0.25) is 14.6 Å². The minimum Gasteiger partial charge on any atom is -0.368 e. The zero-order chi connectivity index (χ0) is 26.2. The van der Waals surface area contributed by atoms with Crippen molar-refractivity contribution in [1.29, 1.82) is 0 Å². The van der Waals surface area contributed by atoms with E-state index in [0.717, 1.165) is 28.2 Å². The van der Waals surface area contributed by atoms with Crippen molar-refractivity contribution >= 4 is 35.0 Å². The SMILES string of the molecule is NC(=O)[C@H](Cc1ccccc1)NC(=O)CCNCc1cc(-c2cccnc2)[nH][n+]1-c1ccc(Cl)c(Cl)c1. The van der Waals surface area contributed by atoms with Crippen LogP contribution in [0.25, 0.3) is 16.9 Å². The predicted octanol–water partition coefficient (Wildman–Crippen LogP) is 3.35. The fourth-order valence-corrected chi connectivity index (χ4v) is 4.16. The van der Waals surface area contributed by atoms with Crippen LogP contribution in [0.5, 0.6) is 0 Å². The quantitative estimate of drug-likeness (QED) is 0.173. The van der Waals surface area contributed by atoms with Gasteiger partial charge >= 0.3 is 0 Å². The highest BCUT2D eigenvalue weighted by Gasteiger charge is 2.22. The molecule has 0 spiro atoms. The first-order chi connectivity index (χ1) is 17.9. The molecule has 0 aliphatic heterocycles. The number of nitrogens with two attached hydrogens (primary N) is 1. The molecule has 0 saturated heterocycles.